The normalized spacial score (nSPS) is 33.6. The van der Waals surface area contributed by atoms with Crippen LogP contribution in [0.25, 0.3) is 0 Å². The number of piperidine rings is 1. The second-order valence-electron chi connectivity index (χ2n) is 6.97. The van der Waals surface area contributed by atoms with Crippen LogP contribution in [0.2, 0.25) is 0 Å². The van der Waals surface area contributed by atoms with Gasteiger partial charge in [-0.2, -0.15) is 0 Å². The van der Waals surface area contributed by atoms with Crippen LogP contribution in [0.5, 0.6) is 0 Å². The zero-order chi connectivity index (χ0) is 13.9. The van der Waals surface area contributed by atoms with Crippen molar-refractivity contribution in [2.45, 2.75) is 57.5 Å². The van der Waals surface area contributed by atoms with Gasteiger partial charge in [-0.3, -0.25) is 9.69 Å². The summed E-state index contributed by atoms with van der Waals surface area (Å²) < 4.78 is 5.25. The number of carbonyl (C=O) groups is 1. The Hall–Kier alpha value is -0.610. The first kappa shape index (κ1) is 14.3. The summed E-state index contributed by atoms with van der Waals surface area (Å²) in [7, 11) is 0. The van der Waals surface area contributed by atoms with Crippen LogP contribution in [-0.2, 0) is 9.53 Å². The highest BCUT2D eigenvalue weighted by molar-refractivity contribution is 5.79. The van der Waals surface area contributed by atoms with Crippen LogP contribution in [0.15, 0.2) is 0 Å². The molecular weight excluding hydrogens is 252 g/mol. The van der Waals surface area contributed by atoms with Gasteiger partial charge in [-0.1, -0.05) is 6.92 Å². The highest BCUT2D eigenvalue weighted by Gasteiger charge is 2.32. The number of nitrogens with one attached hydrogen (secondary N) is 1. The second-order valence-corrected chi connectivity index (χ2v) is 6.97. The van der Waals surface area contributed by atoms with Crippen LogP contribution in [-0.4, -0.2) is 49.2 Å². The van der Waals surface area contributed by atoms with Crippen LogP contribution >= 0.6 is 0 Å². The van der Waals surface area contributed by atoms with Gasteiger partial charge in [-0.25, -0.2) is 0 Å². The Kier molecular flexibility index (Phi) is 4.61. The van der Waals surface area contributed by atoms with Gasteiger partial charge in [-0.05, 0) is 57.5 Å². The molecule has 114 valence electrons. The quantitative estimate of drug-likeness (QED) is 0.857. The fourth-order valence-electron chi connectivity index (χ4n) is 3.68. The van der Waals surface area contributed by atoms with Crippen molar-refractivity contribution >= 4 is 5.91 Å². The topological polar surface area (TPSA) is 41.6 Å². The Morgan fingerprint density at radius 3 is 2.25 bits per heavy atom. The molecule has 2 heterocycles. The summed E-state index contributed by atoms with van der Waals surface area (Å²) in [5, 5.41) is 3.30. The minimum Gasteiger partial charge on any atom is -0.378 e. The summed E-state index contributed by atoms with van der Waals surface area (Å²) in [6.07, 6.45) is 6.92. The van der Waals surface area contributed by atoms with Gasteiger partial charge < -0.3 is 10.1 Å². The van der Waals surface area contributed by atoms with Crippen molar-refractivity contribution in [3.05, 3.63) is 0 Å². The van der Waals surface area contributed by atoms with Gasteiger partial charge in [0.2, 0.25) is 5.91 Å². The van der Waals surface area contributed by atoms with Crippen LogP contribution in [0.1, 0.15) is 45.4 Å². The molecule has 0 aromatic heterocycles. The van der Waals surface area contributed by atoms with Crippen molar-refractivity contribution in [2.24, 2.45) is 11.8 Å². The Balaban J connectivity index is 1.40. The van der Waals surface area contributed by atoms with E-state index in [1.54, 1.807) is 0 Å². The molecule has 0 bridgehead atoms. The third-order valence-corrected chi connectivity index (χ3v) is 5.40. The lowest BCUT2D eigenvalue weighted by Gasteiger charge is -2.41. The minimum absolute atomic E-state index is 0.242. The van der Waals surface area contributed by atoms with E-state index >= 15 is 0 Å². The lowest BCUT2D eigenvalue weighted by Crippen LogP contribution is -2.53. The zero-order valence-electron chi connectivity index (χ0n) is 12.6. The van der Waals surface area contributed by atoms with Crippen molar-refractivity contribution in [2.75, 3.05) is 26.3 Å². The van der Waals surface area contributed by atoms with Crippen molar-refractivity contribution < 1.29 is 9.53 Å². The number of nitrogens with zero attached hydrogens (tertiary/aromatic N) is 1. The Morgan fingerprint density at radius 2 is 1.70 bits per heavy atom. The molecule has 20 heavy (non-hydrogen) atoms. The van der Waals surface area contributed by atoms with Crippen molar-refractivity contribution in [3.63, 3.8) is 0 Å². The van der Waals surface area contributed by atoms with Gasteiger partial charge in [0, 0.05) is 12.0 Å². The maximum Gasteiger partial charge on any atom is 0.223 e. The van der Waals surface area contributed by atoms with Crippen LogP contribution < -0.4 is 5.32 Å². The molecule has 2 saturated heterocycles. The molecule has 1 amide bonds. The monoisotopic (exact) mass is 280 g/mol. The number of rotatable bonds is 3. The number of amides is 1. The van der Waals surface area contributed by atoms with Gasteiger partial charge in [0.25, 0.3) is 0 Å². The van der Waals surface area contributed by atoms with E-state index in [2.05, 4.69) is 17.1 Å². The summed E-state index contributed by atoms with van der Waals surface area (Å²) >= 11 is 0. The number of hydrogen-bond acceptors (Lipinski definition) is 3. The first-order chi connectivity index (χ1) is 9.72. The number of carbonyl (C=O) groups excluding carboxylic acids is 1. The third-order valence-electron chi connectivity index (χ3n) is 5.40. The molecule has 4 nitrogen and oxygen atoms in total. The third kappa shape index (κ3) is 3.34. The summed E-state index contributed by atoms with van der Waals surface area (Å²) in [6, 6.07) is 1.07. The zero-order valence-corrected chi connectivity index (χ0v) is 12.6. The SMILES string of the molecule is CC1CCC(NC(=O)C2CCN(C3COC3)CC2)CC1. The van der Waals surface area contributed by atoms with Gasteiger partial charge in [-0.15, -0.1) is 0 Å². The van der Waals surface area contributed by atoms with E-state index < -0.39 is 0 Å². The van der Waals surface area contributed by atoms with Crippen molar-refractivity contribution in [1.82, 2.24) is 10.2 Å². The maximum absolute atomic E-state index is 12.4. The predicted octanol–water partition coefficient (Wildman–Crippen LogP) is 1.79. The van der Waals surface area contributed by atoms with Gasteiger partial charge in [0.1, 0.15) is 0 Å². The van der Waals surface area contributed by atoms with E-state index in [4.69, 9.17) is 4.74 Å². The molecule has 1 N–H and O–H groups in total. The van der Waals surface area contributed by atoms with Crippen LogP contribution in [0.3, 0.4) is 0 Å². The molecule has 3 fully saturated rings. The standard InChI is InChI=1S/C16H28N2O2/c1-12-2-4-14(5-3-12)17-16(19)13-6-8-18(9-7-13)15-10-20-11-15/h12-15H,2-11H2,1H3,(H,17,19). The molecule has 3 rings (SSSR count). The largest absolute Gasteiger partial charge is 0.378 e. The smallest absolute Gasteiger partial charge is 0.223 e. The first-order valence-corrected chi connectivity index (χ1v) is 8.34. The molecule has 0 atom stereocenters. The molecule has 1 saturated carbocycles. The van der Waals surface area contributed by atoms with E-state index in [1.165, 1.54) is 25.7 Å². The molecular formula is C16H28N2O2. The van der Waals surface area contributed by atoms with Gasteiger partial charge >= 0.3 is 0 Å². The number of hydrogen-bond donors (Lipinski definition) is 1. The molecule has 4 heteroatoms. The maximum atomic E-state index is 12.4. The molecule has 0 unspecified atom stereocenters. The van der Waals surface area contributed by atoms with Crippen molar-refractivity contribution in [3.8, 4) is 0 Å². The summed E-state index contributed by atoms with van der Waals surface area (Å²) in [5.41, 5.74) is 0. The summed E-state index contributed by atoms with van der Waals surface area (Å²) in [6.45, 7) is 6.22. The highest BCUT2D eigenvalue weighted by Crippen LogP contribution is 2.25. The summed E-state index contributed by atoms with van der Waals surface area (Å²) in [5.74, 6) is 1.40. The van der Waals surface area contributed by atoms with Crippen molar-refractivity contribution in [1.29, 1.82) is 0 Å². The Labute approximate surface area is 122 Å². The molecule has 0 spiro atoms. The number of likely N-dealkylation sites (tertiary alicyclic amines) is 1. The molecule has 0 aromatic carbocycles. The lowest BCUT2D eigenvalue weighted by molar-refractivity contribution is -0.129. The Morgan fingerprint density at radius 1 is 1.05 bits per heavy atom. The molecule has 0 aromatic rings. The highest BCUT2D eigenvalue weighted by atomic mass is 16.5. The summed E-state index contributed by atoms with van der Waals surface area (Å²) in [4.78, 5) is 14.8. The fourth-order valence-corrected chi connectivity index (χ4v) is 3.68. The molecule has 1 aliphatic carbocycles. The fraction of sp³-hybridized carbons (Fsp3) is 0.938. The molecule has 3 aliphatic rings. The van der Waals surface area contributed by atoms with E-state index in [1.807, 2.05) is 0 Å². The lowest BCUT2D eigenvalue weighted by atomic mass is 9.86. The first-order valence-electron chi connectivity index (χ1n) is 8.34. The van der Waals surface area contributed by atoms with Crippen LogP contribution in [0.4, 0.5) is 0 Å². The van der Waals surface area contributed by atoms with E-state index in [0.29, 0.717) is 18.0 Å². The minimum atomic E-state index is 0.242. The predicted molar refractivity (Wildman–Crippen MR) is 78.5 cm³/mol. The van der Waals surface area contributed by atoms with Gasteiger partial charge in [0.05, 0.1) is 19.3 Å². The Bertz CT molecular complexity index is 327. The van der Waals surface area contributed by atoms with Gasteiger partial charge in [0.15, 0.2) is 0 Å². The average Bonchev–Trinajstić information content (AvgIpc) is 2.40. The van der Waals surface area contributed by atoms with E-state index in [-0.39, 0.29) is 5.92 Å². The van der Waals surface area contributed by atoms with Crippen LogP contribution in [0, 0.1) is 11.8 Å². The average molecular weight is 280 g/mol. The number of ether oxygens (including phenoxy) is 1. The molecule has 0 radical (unpaired) electrons. The second kappa shape index (κ2) is 6.44. The van der Waals surface area contributed by atoms with E-state index in [0.717, 1.165) is 45.1 Å². The molecule has 2 aliphatic heterocycles. The van der Waals surface area contributed by atoms with E-state index in [9.17, 15) is 4.79 Å².